The topological polar surface area (TPSA) is 51.4 Å². The first-order valence-corrected chi connectivity index (χ1v) is 6.92. The summed E-state index contributed by atoms with van der Waals surface area (Å²) in [6.07, 6.45) is 4.17. The molecule has 1 aromatic rings. The first kappa shape index (κ1) is 11.6. The maximum atomic E-state index is 5.86. The van der Waals surface area contributed by atoms with Gasteiger partial charge in [0.2, 0.25) is 5.88 Å². The van der Waals surface area contributed by atoms with E-state index in [-0.39, 0.29) is 0 Å². The van der Waals surface area contributed by atoms with Crippen molar-refractivity contribution in [3.05, 3.63) is 12.1 Å². The van der Waals surface area contributed by atoms with Gasteiger partial charge in [0.05, 0.1) is 12.3 Å². The first-order chi connectivity index (χ1) is 8.78. The predicted molar refractivity (Wildman–Crippen MR) is 72.9 cm³/mol. The lowest BCUT2D eigenvalue weighted by atomic mass is 10.0. The highest BCUT2D eigenvalue weighted by atomic mass is 16.5. The highest BCUT2D eigenvalue weighted by Gasteiger charge is 2.36. The van der Waals surface area contributed by atoms with Crippen LogP contribution in [0.5, 0.6) is 5.88 Å². The van der Waals surface area contributed by atoms with Gasteiger partial charge in [-0.25, -0.2) is 0 Å². The Kier molecular flexibility index (Phi) is 3.02. The van der Waals surface area contributed by atoms with Crippen LogP contribution in [0, 0.1) is 11.8 Å². The Hall–Kier alpha value is -1.45. The number of nitrogens with zero attached hydrogens (tertiary/aromatic N) is 2. The second-order valence-corrected chi connectivity index (χ2v) is 5.35. The Morgan fingerprint density at radius 1 is 1.33 bits per heavy atom. The van der Waals surface area contributed by atoms with Crippen LogP contribution in [-0.2, 0) is 0 Å². The molecule has 1 saturated carbocycles. The summed E-state index contributed by atoms with van der Waals surface area (Å²) in [4.78, 5) is 6.94. The van der Waals surface area contributed by atoms with Crippen LogP contribution in [0.4, 0.5) is 11.5 Å². The summed E-state index contributed by atoms with van der Waals surface area (Å²) < 4.78 is 5.47. The minimum absolute atomic E-state index is 0.576. The number of ether oxygens (including phenoxy) is 1. The Labute approximate surface area is 108 Å². The van der Waals surface area contributed by atoms with Crippen molar-refractivity contribution in [3.8, 4) is 5.88 Å². The number of anilines is 2. The molecule has 4 heteroatoms. The van der Waals surface area contributed by atoms with Gasteiger partial charge < -0.3 is 15.4 Å². The largest absolute Gasteiger partial charge is 0.476 e. The first-order valence-electron chi connectivity index (χ1n) is 6.92. The summed E-state index contributed by atoms with van der Waals surface area (Å²) in [6.45, 7) is 4.85. The zero-order valence-electron chi connectivity index (χ0n) is 10.9. The van der Waals surface area contributed by atoms with Crippen LogP contribution >= 0.6 is 0 Å². The van der Waals surface area contributed by atoms with Crippen molar-refractivity contribution in [1.82, 2.24) is 4.98 Å². The molecule has 0 radical (unpaired) electrons. The Morgan fingerprint density at radius 3 is 2.72 bits per heavy atom. The maximum absolute atomic E-state index is 5.86. The molecule has 2 fully saturated rings. The summed E-state index contributed by atoms with van der Waals surface area (Å²) in [5, 5.41) is 0. The predicted octanol–water partition coefficient (Wildman–Crippen LogP) is 2.30. The number of pyridine rings is 1. The molecule has 1 aliphatic heterocycles. The lowest BCUT2D eigenvalue weighted by Gasteiger charge is -2.19. The van der Waals surface area contributed by atoms with E-state index in [0.29, 0.717) is 18.2 Å². The van der Waals surface area contributed by atoms with Gasteiger partial charge in [-0.2, -0.15) is 4.98 Å². The summed E-state index contributed by atoms with van der Waals surface area (Å²) in [6, 6.07) is 3.92. The van der Waals surface area contributed by atoms with E-state index in [1.165, 1.54) is 19.3 Å². The van der Waals surface area contributed by atoms with Crippen molar-refractivity contribution >= 4 is 11.5 Å². The molecule has 2 N–H and O–H groups in total. The summed E-state index contributed by atoms with van der Waals surface area (Å²) >= 11 is 0. The SMILES string of the molecule is CCOc1nc(N2CC3CCCC3C2)ccc1N. The van der Waals surface area contributed by atoms with Gasteiger partial charge in [0.25, 0.3) is 0 Å². The molecule has 1 aromatic heterocycles. The second kappa shape index (κ2) is 4.67. The van der Waals surface area contributed by atoms with Crippen LogP contribution in [0.2, 0.25) is 0 Å². The Bertz CT molecular complexity index is 423. The number of nitrogens with two attached hydrogens (primary N) is 1. The standard InChI is InChI=1S/C14H21N3O/c1-2-18-14-12(15)6-7-13(16-14)17-8-10-4-3-5-11(10)9-17/h6-7,10-11H,2-5,8-9,15H2,1H3. The van der Waals surface area contributed by atoms with Crippen LogP contribution in [0.3, 0.4) is 0 Å². The fourth-order valence-corrected chi connectivity index (χ4v) is 3.29. The summed E-state index contributed by atoms with van der Waals surface area (Å²) in [5.41, 5.74) is 6.49. The zero-order valence-corrected chi connectivity index (χ0v) is 10.9. The number of hydrogen-bond donors (Lipinski definition) is 1. The molecule has 2 atom stereocenters. The van der Waals surface area contributed by atoms with Crippen LogP contribution in [-0.4, -0.2) is 24.7 Å². The normalized spacial score (nSPS) is 26.4. The Morgan fingerprint density at radius 2 is 2.06 bits per heavy atom. The molecule has 4 nitrogen and oxygen atoms in total. The number of rotatable bonds is 3. The molecule has 0 bridgehead atoms. The molecular weight excluding hydrogens is 226 g/mol. The highest BCUT2D eigenvalue weighted by Crippen LogP contribution is 2.39. The van der Waals surface area contributed by atoms with E-state index >= 15 is 0 Å². The summed E-state index contributed by atoms with van der Waals surface area (Å²) in [7, 11) is 0. The van der Waals surface area contributed by atoms with Crippen LogP contribution < -0.4 is 15.4 Å². The Balaban J connectivity index is 1.78. The minimum atomic E-state index is 0.576. The van der Waals surface area contributed by atoms with Gasteiger partial charge in [0.15, 0.2) is 0 Å². The number of aromatic nitrogens is 1. The van der Waals surface area contributed by atoms with Crippen molar-refractivity contribution in [2.45, 2.75) is 26.2 Å². The van der Waals surface area contributed by atoms with Crippen molar-refractivity contribution in [3.63, 3.8) is 0 Å². The van der Waals surface area contributed by atoms with Crippen LogP contribution in [0.1, 0.15) is 26.2 Å². The van der Waals surface area contributed by atoms with Crippen molar-refractivity contribution in [2.24, 2.45) is 11.8 Å². The van der Waals surface area contributed by atoms with E-state index in [0.717, 1.165) is 30.7 Å². The van der Waals surface area contributed by atoms with Crippen molar-refractivity contribution < 1.29 is 4.74 Å². The van der Waals surface area contributed by atoms with E-state index < -0.39 is 0 Å². The molecule has 18 heavy (non-hydrogen) atoms. The minimum Gasteiger partial charge on any atom is -0.476 e. The lowest BCUT2D eigenvalue weighted by molar-refractivity contribution is 0.329. The molecule has 2 unspecified atom stereocenters. The molecular formula is C14H21N3O. The molecule has 0 aromatic carbocycles. The fraction of sp³-hybridized carbons (Fsp3) is 0.643. The molecule has 3 rings (SSSR count). The molecule has 0 amide bonds. The van der Waals surface area contributed by atoms with Crippen molar-refractivity contribution in [2.75, 3.05) is 30.3 Å². The third-order valence-corrected chi connectivity index (χ3v) is 4.21. The molecule has 0 spiro atoms. The second-order valence-electron chi connectivity index (χ2n) is 5.35. The summed E-state index contributed by atoms with van der Waals surface area (Å²) in [5.74, 6) is 3.34. The van der Waals surface area contributed by atoms with E-state index in [2.05, 4.69) is 9.88 Å². The average molecular weight is 247 g/mol. The third-order valence-electron chi connectivity index (χ3n) is 4.21. The highest BCUT2D eigenvalue weighted by molar-refractivity contribution is 5.55. The van der Waals surface area contributed by atoms with Crippen LogP contribution in [0.15, 0.2) is 12.1 Å². The monoisotopic (exact) mass is 247 g/mol. The third kappa shape index (κ3) is 2.00. The van der Waals surface area contributed by atoms with Crippen LogP contribution in [0.25, 0.3) is 0 Å². The molecule has 2 heterocycles. The smallest absolute Gasteiger partial charge is 0.239 e. The van der Waals surface area contributed by atoms with Gasteiger partial charge in [0, 0.05) is 13.1 Å². The maximum Gasteiger partial charge on any atom is 0.239 e. The lowest BCUT2D eigenvalue weighted by Crippen LogP contribution is -2.22. The van der Waals surface area contributed by atoms with E-state index in [9.17, 15) is 0 Å². The molecule has 1 aliphatic carbocycles. The van der Waals surface area contributed by atoms with Gasteiger partial charge in [-0.3, -0.25) is 0 Å². The molecule has 1 saturated heterocycles. The van der Waals surface area contributed by atoms with Gasteiger partial charge in [0.1, 0.15) is 5.82 Å². The number of fused-ring (bicyclic) bond motifs is 1. The quantitative estimate of drug-likeness (QED) is 0.890. The fourth-order valence-electron chi connectivity index (χ4n) is 3.29. The molecule has 98 valence electrons. The van der Waals surface area contributed by atoms with E-state index in [4.69, 9.17) is 10.5 Å². The van der Waals surface area contributed by atoms with E-state index in [1.807, 2.05) is 19.1 Å². The van der Waals surface area contributed by atoms with E-state index in [1.54, 1.807) is 0 Å². The number of hydrogen-bond acceptors (Lipinski definition) is 4. The molecule has 2 aliphatic rings. The number of nitrogen functional groups attached to an aromatic ring is 1. The average Bonchev–Trinajstić information content (AvgIpc) is 2.92. The van der Waals surface area contributed by atoms with Gasteiger partial charge >= 0.3 is 0 Å². The van der Waals surface area contributed by atoms with Gasteiger partial charge in [-0.05, 0) is 43.7 Å². The van der Waals surface area contributed by atoms with Gasteiger partial charge in [-0.1, -0.05) is 6.42 Å². The zero-order chi connectivity index (χ0) is 12.5. The van der Waals surface area contributed by atoms with Gasteiger partial charge in [-0.15, -0.1) is 0 Å². The van der Waals surface area contributed by atoms with Crippen molar-refractivity contribution in [1.29, 1.82) is 0 Å².